The summed E-state index contributed by atoms with van der Waals surface area (Å²) in [7, 11) is 0. The van der Waals surface area contributed by atoms with Crippen LogP contribution in [0.25, 0.3) is 0 Å². The molecule has 0 N–H and O–H groups in total. The molecule has 1 atom stereocenters. The lowest BCUT2D eigenvalue weighted by atomic mass is 10.1. The summed E-state index contributed by atoms with van der Waals surface area (Å²) < 4.78 is 0. The Morgan fingerprint density at radius 1 is 1.75 bits per heavy atom. The van der Waals surface area contributed by atoms with Crippen LogP contribution >= 0.6 is 0 Å². The van der Waals surface area contributed by atoms with Gasteiger partial charge in [-0.1, -0.05) is 13.3 Å². The Morgan fingerprint density at radius 2 is 2.38 bits per heavy atom. The maximum Gasteiger partial charge on any atom is 0.209 e. The molecule has 1 unspecified atom stereocenters. The average Bonchev–Trinajstić information content (AvgIpc) is 1.83. The summed E-state index contributed by atoms with van der Waals surface area (Å²) in [5.74, 6) is -0.486. The smallest absolute Gasteiger partial charge is 0.209 e. The van der Waals surface area contributed by atoms with E-state index in [0.717, 1.165) is 6.42 Å². The molecular weight excluding hydrogens is 104 g/mol. The molecule has 0 rings (SSSR count). The van der Waals surface area contributed by atoms with E-state index < -0.39 is 5.92 Å². The van der Waals surface area contributed by atoms with Crippen LogP contribution in [-0.2, 0) is 9.59 Å². The van der Waals surface area contributed by atoms with E-state index in [1.165, 1.54) is 0 Å². The molecular formula is C6H9O2. The average molecular weight is 113 g/mol. The number of aldehydes is 1. The fraction of sp³-hybridized carbons (Fsp3) is 0.667. The maximum atomic E-state index is 9.86. The highest BCUT2D eigenvalue weighted by molar-refractivity contribution is 5.77. The van der Waals surface area contributed by atoms with Crippen LogP contribution in [0.15, 0.2) is 0 Å². The number of rotatable bonds is 4. The largest absolute Gasteiger partial charge is 0.303 e. The number of hydrogen-bond donors (Lipinski definition) is 0. The minimum Gasteiger partial charge on any atom is -0.303 e. The van der Waals surface area contributed by atoms with Crippen molar-refractivity contribution in [3.8, 4) is 0 Å². The van der Waals surface area contributed by atoms with E-state index in [-0.39, 0.29) is 0 Å². The summed E-state index contributed by atoms with van der Waals surface area (Å²) >= 11 is 0. The highest BCUT2D eigenvalue weighted by Gasteiger charge is 2.02. The van der Waals surface area contributed by atoms with Gasteiger partial charge in [-0.3, -0.25) is 4.79 Å². The van der Waals surface area contributed by atoms with Crippen LogP contribution in [0.1, 0.15) is 19.8 Å². The second kappa shape index (κ2) is 4.50. The van der Waals surface area contributed by atoms with E-state index in [0.29, 0.717) is 12.7 Å². The Kier molecular flexibility index (Phi) is 4.13. The van der Waals surface area contributed by atoms with E-state index >= 15 is 0 Å². The van der Waals surface area contributed by atoms with Gasteiger partial charge in [0, 0.05) is 0 Å². The molecule has 0 spiro atoms. The molecule has 0 heterocycles. The third-order valence-electron chi connectivity index (χ3n) is 0.915. The zero-order chi connectivity index (χ0) is 6.41. The highest BCUT2D eigenvalue weighted by Crippen LogP contribution is 1.97. The van der Waals surface area contributed by atoms with Crippen LogP contribution in [0.2, 0.25) is 0 Å². The Hall–Kier alpha value is -0.660. The van der Waals surface area contributed by atoms with Crippen LogP contribution in [0, 0.1) is 5.92 Å². The van der Waals surface area contributed by atoms with Crippen LogP contribution in [0.5, 0.6) is 0 Å². The van der Waals surface area contributed by atoms with E-state index in [1.807, 2.05) is 6.92 Å². The van der Waals surface area contributed by atoms with Crippen LogP contribution in [0.3, 0.4) is 0 Å². The molecule has 0 aromatic heterocycles. The van der Waals surface area contributed by atoms with Gasteiger partial charge in [0.1, 0.15) is 6.29 Å². The summed E-state index contributed by atoms with van der Waals surface area (Å²) in [6.07, 6.45) is 3.76. The first-order valence-corrected chi connectivity index (χ1v) is 2.68. The fourth-order valence-corrected chi connectivity index (χ4v) is 0.466. The topological polar surface area (TPSA) is 34.1 Å². The summed E-state index contributed by atoms with van der Waals surface area (Å²) in [5, 5.41) is 0. The van der Waals surface area contributed by atoms with E-state index in [1.54, 1.807) is 6.29 Å². The molecule has 2 heteroatoms. The van der Waals surface area contributed by atoms with Gasteiger partial charge in [0.05, 0.1) is 5.92 Å². The van der Waals surface area contributed by atoms with Gasteiger partial charge in [-0.15, -0.1) is 0 Å². The third kappa shape index (κ3) is 2.50. The Bertz CT molecular complexity index is 70.6. The molecule has 0 aliphatic rings. The van der Waals surface area contributed by atoms with Gasteiger partial charge in [0.15, 0.2) is 0 Å². The second-order valence-electron chi connectivity index (χ2n) is 1.65. The number of carbonyl (C=O) groups excluding carboxylic acids is 2. The lowest BCUT2D eigenvalue weighted by Crippen LogP contribution is -2.01. The van der Waals surface area contributed by atoms with Gasteiger partial charge in [-0.05, 0) is 6.42 Å². The predicted molar refractivity (Wildman–Crippen MR) is 30.2 cm³/mol. The zero-order valence-electron chi connectivity index (χ0n) is 4.89. The van der Waals surface area contributed by atoms with Crippen molar-refractivity contribution >= 4 is 12.6 Å². The van der Waals surface area contributed by atoms with Crippen molar-refractivity contribution in [2.24, 2.45) is 5.92 Å². The standard InChI is InChI=1S/C6H9O2/c1-2-3-6(4-7)5-8/h4,6H,2-3H2,1H3. The predicted octanol–water partition coefficient (Wildman–Crippen LogP) is 0.711. The molecule has 0 aliphatic heterocycles. The molecule has 2 nitrogen and oxygen atoms in total. The van der Waals surface area contributed by atoms with Gasteiger partial charge >= 0.3 is 0 Å². The lowest BCUT2D eigenvalue weighted by molar-refractivity contribution is -0.109. The minimum atomic E-state index is -0.486. The monoisotopic (exact) mass is 113 g/mol. The van der Waals surface area contributed by atoms with Crippen LogP contribution in [0.4, 0.5) is 0 Å². The fourth-order valence-electron chi connectivity index (χ4n) is 0.466. The van der Waals surface area contributed by atoms with Crippen molar-refractivity contribution in [3.63, 3.8) is 0 Å². The molecule has 0 saturated heterocycles. The summed E-state index contributed by atoms with van der Waals surface area (Å²) in [5.41, 5.74) is 0. The van der Waals surface area contributed by atoms with Gasteiger partial charge in [-0.2, -0.15) is 0 Å². The van der Waals surface area contributed by atoms with Crippen molar-refractivity contribution in [1.29, 1.82) is 0 Å². The van der Waals surface area contributed by atoms with Crippen molar-refractivity contribution < 1.29 is 9.59 Å². The molecule has 45 valence electrons. The summed E-state index contributed by atoms with van der Waals surface area (Å²) in [6, 6.07) is 0. The Balaban J connectivity index is 3.35. The molecule has 0 aromatic carbocycles. The number of hydrogen-bond acceptors (Lipinski definition) is 2. The highest BCUT2D eigenvalue weighted by atomic mass is 16.1. The Labute approximate surface area is 48.9 Å². The number of carbonyl (C=O) groups is 1. The first kappa shape index (κ1) is 7.34. The van der Waals surface area contributed by atoms with E-state index in [2.05, 4.69) is 0 Å². The Morgan fingerprint density at radius 3 is 2.50 bits per heavy atom. The molecule has 1 radical (unpaired) electrons. The molecule has 8 heavy (non-hydrogen) atoms. The maximum absolute atomic E-state index is 9.86. The molecule has 0 amide bonds. The second-order valence-corrected chi connectivity index (χ2v) is 1.65. The molecule has 0 aliphatic carbocycles. The normalized spacial score (nSPS) is 9.25. The van der Waals surface area contributed by atoms with Gasteiger partial charge in [0.2, 0.25) is 6.29 Å². The van der Waals surface area contributed by atoms with E-state index in [4.69, 9.17) is 0 Å². The third-order valence-corrected chi connectivity index (χ3v) is 0.915. The SMILES string of the molecule is CCCC([C]=O)C=O. The van der Waals surface area contributed by atoms with Crippen molar-refractivity contribution in [1.82, 2.24) is 0 Å². The quantitative estimate of drug-likeness (QED) is 0.397. The molecule has 0 fully saturated rings. The zero-order valence-corrected chi connectivity index (χ0v) is 4.89. The van der Waals surface area contributed by atoms with Crippen LogP contribution < -0.4 is 0 Å². The summed E-state index contributed by atoms with van der Waals surface area (Å²) in [6.45, 7) is 1.92. The molecule has 0 saturated carbocycles. The molecule has 0 aromatic rings. The minimum absolute atomic E-state index is 0.486. The van der Waals surface area contributed by atoms with Gasteiger partial charge in [-0.25, -0.2) is 0 Å². The van der Waals surface area contributed by atoms with Crippen molar-refractivity contribution in [2.45, 2.75) is 19.8 Å². The lowest BCUT2D eigenvalue weighted by Gasteiger charge is -1.92. The van der Waals surface area contributed by atoms with E-state index in [9.17, 15) is 9.59 Å². The van der Waals surface area contributed by atoms with Crippen molar-refractivity contribution in [3.05, 3.63) is 0 Å². The first-order chi connectivity index (χ1) is 3.85. The first-order valence-electron chi connectivity index (χ1n) is 2.68. The summed E-state index contributed by atoms with van der Waals surface area (Å²) in [4.78, 5) is 19.6. The van der Waals surface area contributed by atoms with Crippen molar-refractivity contribution in [2.75, 3.05) is 0 Å². The van der Waals surface area contributed by atoms with Crippen LogP contribution in [-0.4, -0.2) is 12.6 Å². The van der Waals surface area contributed by atoms with Gasteiger partial charge in [0.25, 0.3) is 0 Å². The molecule has 0 bridgehead atoms. The van der Waals surface area contributed by atoms with Gasteiger partial charge < -0.3 is 4.79 Å².